The number of sulfonamides is 1. The summed E-state index contributed by atoms with van der Waals surface area (Å²) in [5.74, 6) is 0.342. The van der Waals surface area contributed by atoms with Gasteiger partial charge in [0.15, 0.2) is 0 Å². The first kappa shape index (κ1) is 19.8. The molecule has 2 amide bonds. The predicted octanol–water partition coefficient (Wildman–Crippen LogP) is 1.96. The van der Waals surface area contributed by atoms with E-state index in [1.54, 1.807) is 12.1 Å². The molecule has 1 saturated carbocycles. The number of rotatable bonds is 7. The second-order valence-electron chi connectivity index (χ2n) is 7.40. The Hall–Kier alpha value is -1.93. The third-order valence-electron chi connectivity index (χ3n) is 5.19. The van der Waals surface area contributed by atoms with Crippen LogP contribution in [-0.2, 0) is 19.6 Å². The monoisotopic (exact) mass is 393 g/mol. The van der Waals surface area contributed by atoms with Crippen molar-refractivity contribution in [3.63, 3.8) is 0 Å². The van der Waals surface area contributed by atoms with Gasteiger partial charge in [-0.1, -0.05) is 13.3 Å². The van der Waals surface area contributed by atoms with Crippen molar-refractivity contribution in [2.75, 3.05) is 25.0 Å². The second kappa shape index (κ2) is 8.39. The number of carbonyl (C=O) groups excluding carboxylic acids is 2. The third-order valence-corrected chi connectivity index (χ3v) is 7.10. The third kappa shape index (κ3) is 5.07. The number of piperidine rings is 1. The standard InChI is InChI=1S/C19H27N3O4S/c1-14-13-17(14)19(24)20-10-9-18(23)21-15-5-7-16(8-6-15)27(25,26)22-11-3-2-4-12-22/h5-8,14,17H,2-4,9-13H2,1H3,(H,20,24)(H,21,23). The van der Waals surface area contributed by atoms with Gasteiger partial charge < -0.3 is 10.6 Å². The molecule has 8 heteroatoms. The summed E-state index contributed by atoms with van der Waals surface area (Å²) in [7, 11) is -3.46. The van der Waals surface area contributed by atoms with Crippen LogP contribution in [0.1, 0.15) is 39.0 Å². The van der Waals surface area contributed by atoms with Gasteiger partial charge >= 0.3 is 0 Å². The molecule has 2 N–H and O–H groups in total. The maximum absolute atomic E-state index is 12.6. The molecule has 1 aromatic carbocycles. The fourth-order valence-electron chi connectivity index (χ4n) is 3.31. The van der Waals surface area contributed by atoms with Crippen molar-refractivity contribution in [2.24, 2.45) is 11.8 Å². The molecule has 1 aliphatic heterocycles. The second-order valence-corrected chi connectivity index (χ2v) is 9.34. The highest BCUT2D eigenvalue weighted by atomic mass is 32.2. The molecule has 2 fully saturated rings. The van der Waals surface area contributed by atoms with Crippen LogP contribution in [0.4, 0.5) is 5.69 Å². The van der Waals surface area contributed by atoms with Crippen molar-refractivity contribution in [3.8, 4) is 0 Å². The Bertz CT molecular complexity index is 786. The predicted molar refractivity (Wildman–Crippen MR) is 103 cm³/mol. The lowest BCUT2D eigenvalue weighted by atomic mass is 10.2. The molecule has 7 nitrogen and oxygen atoms in total. The summed E-state index contributed by atoms with van der Waals surface area (Å²) in [5, 5.41) is 5.50. The van der Waals surface area contributed by atoms with E-state index in [9.17, 15) is 18.0 Å². The Morgan fingerprint density at radius 1 is 1.11 bits per heavy atom. The van der Waals surface area contributed by atoms with Crippen LogP contribution < -0.4 is 10.6 Å². The fraction of sp³-hybridized carbons (Fsp3) is 0.579. The lowest BCUT2D eigenvalue weighted by Gasteiger charge is -2.25. The van der Waals surface area contributed by atoms with Gasteiger partial charge in [-0.3, -0.25) is 9.59 Å². The number of amides is 2. The molecule has 0 radical (unpaired) electrons. The number of anilines is 1. The van der Waals surface area contributed by atoms with Crippen LogP contribution in [0.2, 0.25) is 0 Å². The highest BCUT2D eigenvalue weighted by molar-refractivity contribution is 7.89. The van der Waals surface area contributed by atoms with Gasteiger partial charge in [0.1, 0.15) is 0 Å². The summed E-state index contributed by atoms with van der Waals surface area (Å²) < 4.78 is 26.7. The van der Waals surface area contributed by atoms with Crippen LogP contribution in [0.5, 0.6) is 0 Å². The van der Waals surface area contributed by atoms with E-state index in [2.05, 4.69) is 10.6 Å². The number of hydrogen-bond donors (Lipinski definition) is 2. The van der Waals surface area contributed by atoms with Gasteiger partial charge in [-0.2, -0.15) is 4.31 Å². The molecule has 0 spiro atoms. The number of nitrogens with one attached hydrogen (secondary N) is 2. The van der Waals surface area contributed by atoms with Crippen molar-refractivity contribution in [1.29, 1.82) is 0 Å². The van der Waals surface area contributed by atoms with Crippen LogP contribution in [0, 0.1) is 11.8 Å². The van der Waals surface area contributed by atoms with Gasteiger partial charge in [0.2, 0.25) is 21.8 Å². The van der Waals surface area contributed by atoms with E-state index in [0.29, 0.717) is 31.2 Å². The van der Waals surface area contributed by atoms with Crippen LogP contribution in [0.3, 0.4) is 0 Å². The molecule has 1 saturated heterocycles. The SMILES string of the molecule is CC1CC1C(=O)NCCC(=O)Nc1ccc(S(=O)(=O)N2CCCCC2)cc1. The number of nitrogens with zero attached hydrogens (tertiary/aromatic N) is 1. The molecular formula is C19H27N3O4S. The van der Waals surface area contributed by atoms with E-state index in [4.69, 9.17) is 0 Å². The van der Waals surface area contributed by atoms with Gasteiger partial charge in [-0.15, -0.1) is 0 Å². The fourth-order valence-corrected chi connectivity index (χ4v) is 4.82. The normalized spacial score (nSPS) is 22.9. The summed E-state index contributed by atoms with van der Waals surface area (Å²) in [6, 6.07) is 6.24. The molecule has 2 unspecified atom stereocenters. The smallest absolute Gasteiger partial charge is 0.243 e. The Morgan fingerprint density at radius 2 is 1.74 bits per heavy atom. The van der Waals surface area contributed by atoms with Gasteiger partial charge in [0.05, 0.1) is 4.90 Å². The largest absolute Gasteiger partial charge is 0.355 e. The molecule has 0 aromatic heterocycles. The van der Waals surface area contributed by atoms with E-state index in [1.165, 1.54) is 16.4 Å². The quantitative estimate of drug-likeness (QED) is 0.740. The first-order valence-electron chi connectivity index (χ1n) is 9.56. The summed E-state index contributed by atoms with van der Waals surface area (Å²) in [4.78, 5) is 23.9. The van der Waals surface area contributed by atoms with E-state index in [-0.39, 0.29) is 29.0 Å². The van der Waals surface area contributed by atoms with Crippen LogP contribution in [0.25, 0.3) is 0 Å². The molecule has 1 heterocycles. The Kier molecular flexibility index (Phi) is 6.16. The number of hydrogen-bond acceptors (Lipinski definition) is 4. The molecule has 3 rings (SSSR count). The van der Waals surface area contributed by atoms with E-state index in [1.807, 2.05) is 6.92 Å². The minimum absolute atomic E-state index is 0.0163. The summed E-state index contributed by atoms with van der Waals surface area (Å²) in [6.45, 7) is 3.46. The Balaban J connectivity index is 1.48. The van der Waals surface area contributed by atoms with Gasteiger partial charge in [-0.25, -0.2) is 8.42 Å². The average Bonchev–Trinajstić information content (AvgIpc) is 3.39. The summed E-state index contributed by atoms with van der Waals surface area (Å²) >= 11 is 0. The molecule has 148 valence electrons. The lowest BCUT2D eigenvalue weighted by Crippen LogP contribution is -2.35. The Labute approximate surface area is 160 Å². The van der Waals surface area contributed by atoms with Crippen molar-refractivity contribution >= 4 is 27.5 Å². The minimum atomic E-state index is -3.46. The van der Waals surface area contributed by atoms with E-state index < -0.39 is 10.0 Å². The topological polar surface area (TPSA) is 95.6 Å². The summed E-state index contributed by atoms with van der Waals surface area (Å²) in [5.41, 5.74) is 0.541. The van der Waals surface area contributed by atoms with Crippen LogP contribution in [-0.4, -0.2) is 44.2 Å². The van der Waals surface area contributed by atoms with Crippen molar-refractivity contribution in [2.45, 2.75) is 43.9 Å². The molecule has 1 aromatic rings. The minimum Gasteiger partial charge on any atom is -0.355 e. The van der Waals surface area contributed by atoms with Gasteiger partial charge in [-0.05, 0) is 49.4 Å². The molecule has 1 aliphatic carbocycles. The van der Waals surface area contributed by atoms with E-state index in [0.717, 1.165) is 25.7 Å². The molecule has 27 heavy (non-hydrogen) atoms. The maximum Gasteiger partial charge on any atom is 0.243 e. The van der Waals surface area contributed by atoms with Gasteiger partial charge in [0.25, 0.3) is 0 Å². The van der Waals surface area contributed by atoms with E-state index >= 15 is 0 Å². The van der Waals surface area contributed by atoms with Crippen LogP contribution in [0.15, 0.2) is 29.2 Å². The Morgan fingerprint density at radius 3 is 2.33 bits per heavy atom. The first-order chi connectivity index (χ1) is 12.9. The number of carbonyl (C=O) groups is 2. The lowest BCUT2D eigenvalue weighted by molar-refractivity contribution is -0.122. The van der Waals surface area contributed by atoms with Crippen molar-refractivity contribution < 1.29 is 18.0 Å². The highest BCUT2D eigenvalue weighted by Gasteiger charge is 2.38. The van der Waals surface area contributed by atoms with Crippen molar-refractivity contribution in [3.05, 3.63) is 24.3 Å². The molecule has 2 atom stereocenters. The molecular weight excluding hydrogens is 366 g/mol. The first-order valence-corrected chi connectivity index (χ1v) is 11.0. The average molecular weight is 394 g/mol. The highest BCUT2D eigenvalue weighted by Crippen LogP contribution is 2.37. The zero-order valence-electron chi connectivity index (χ0n) is 15.6. The van der Waals surface area contributed by atoms with Crippen molar-refractivity contribution in [1.82, 2.24) is 9.62 Å². The number of benzene rings is 1. The summed E-state index contributed by atoms with van der Waals surface area (Å²) in [6.07, 6.45) is 3.95. The molecule has 2 aliphatic rings. The van der Waals surface area contributed by atoms with Gasteiger partial charge in [0, 0.05) is 37.7 Å². The van der Waals surface area contributed by atoms with Crippen LogP contribution >= 0.6 is 0 Å². The molecule has 0 bridgehead atoms. The zero-order chi connectivity index (χ0) is 19.4. The zero-order valence-corrected chi connectivity index (χ0v) is 16.4. The maximum atomic E-state index is 12.6.